The van der Waals surface area contributed by atoms with E-state index in [1.807, 2.05) is 18.2 Å². The van der Waals surface area contributed by atoms with Crippen LogP contribution in [0.15, 0.2) is 23.8 Å². The van der Waals surface area contributed by atoms with Crippen LogP contribution in [-0.2, 0) is 10.2 Å². The summed E-state index contributed by atoms with van der Waals surface area (Å²) in [5, 5.41) is 10.7. The molecular formula is C15H17NO4. The Hall–Kier alpha value is -2.17. The van der Waals surface area contributed by atoms with Gasteiger partial charge < -0.3 is 4.74 Å². The fourth-order valence-electron chi connectivity index (χ4n) is 2.69. The van der Waals surface area contributed by atoms with Gasteiger partial charge in [-0.3, -0.25) is 14.9 Å². The topological polar surface area (TPSA) is 69.4 Å². The second kappa shape index (κ2) is 5.07. The van der Waals surface area contributed by atoms with E-state index in [2.05, 4.69) is 0 Å². The predicted octanol–water partition coefficient (Wildman–Crippen LogP) is 2.61. The van der Waals surface area contributed by atoms with Gasteiger partial charge in [-0.15, -0.1) is 0 Å². The molecule has 0 saturated heterocycles. The van der Waals surface area contributed by atoms with E-state index in [4.69, 9.17) is 4.74 Å². The number of ketones is 1. The molecule has 0 radical (unpaired) electrons. The van der Waals surface area contributed by atoms with Gasteiger partial charge in [-0.1, -0.05) is 6.07 Å². The molecule has 1 aromatic rings. The molecule has 0 saturated carbocycles. The van der Waals surface area contributed by atoms with Crippen LogP contribution in [0, 0.1) is 10.1 Å². The lowest BCUT2D eigenvalue weighted by molar-refractivity contribution is -0.481. The Morgan fingerprint density at radius 3 is 2.70 bits per heavy atom. The molecule has 1 aliphatic carbocycles. The van der Waals surface area contributed by atoms with Crippen molar-refractivity contribution in [3.8, 4) is 5.75 Å². The number of benzene rings is 1. The smallest absolute Gasteiger partial charge is 0.205 e. The Morgan fingerprint density at radius 1 is 1.40 bits per heavy atom. The number of allylic oxidation sites excluding steroid dienone is 1. The number of hydrogen-bond acceptors (Lipinski definition) is 4. The molecule has 1 aliphatic rings. The second-order valence-electron chi connectivity index (χ2n) is 5.25. The van der Waals surface area contributed by atoms with E-state index < -0.39 is 5.41 Å². The van der Waals surface area contributed by atoms with Crippen molar-refractivity contribution in [2.75, 3.05) is 13.7 Å². The number of fused-ring (bicyclic) bond motifs is 1. The first kappa shape index (κ1) is 14.2. The van der Waals surface area contributed by atoms with Crippen molar-refractivity contribution in [3.63, 3.8) is 0 Å². The molecule has 0 spiro atoms. The summed E-state index contributed by atoms with van der Waals surface area (Å²) in [5.41, 5.74) is 1.49. The monoisotopic (exact) mass is 275 g/mol. The zero-order valence-electron chi connectivity index (χ0n) is 11.8. The zero-order valence-corrected chi connectivity index (χ0v) is 11.8. The standard InChI is InChI=1S/C15H17NO4/c1-10-8-11-4-5-12(20-3)9-13(11)15(2,14(10)17)6-7-16(18)19/h4-5,8-9H,6-7H2,1-3H3/t15-/m1/s1. The van der Waals surface area contributed by atoms with Crippen molar-refractivity contribution in [1.29, 1.82) is 0 Å². The van der Waals surface area contributed by atoms with Gasteiger partial charge in [0.05, 0.1) is 12.5 Å². The molecule has 20 heavy (non-hydrogen) atoms. The highest BCUT2D eigenvalue weighted by Crippen LogP contribution is 2.40. The Labute approximate surface area is 117 Å². The third-order valence-corrected chi connectivity index (χ3v) is 3.88. The highest BCUT2D eigenvalue weighted by Gasteiger charge is 2.41. The van der Waals surface area contributed by atoms with Gasteiger partial charge in [0, 0.05) is 11.3 Å². The summed E-state index contributed by atoms with van der Waals surface area (Å²) in [6.07, 6.45) is 2.01. The summed E-state index contributed by atoms with van der Waals surface area (Å²) in [7, 11) is 1.56. The van der Waals surface area contributed by atoms with Crippen LogP contribution in [-0.4, -0.2) is 24.4 Å². The van der Waals surface area contributed by atoms with Crippen LogP contribution in [0.3, 0.4) is 0 Å². The molecule has 5 nitrogen and oxygen atoms in total. The largest absolute Gasteiger partial charge is 0.497 e. The molecule has 106 valence electrons. The van der Waals surface area contributed by atoms with Gasteiger partial charge >= 0.3 is 0 Å². The summed E-state index contributed by atoms with van der Waals surface area (Å²) in [4.78, 5) is 22.8. The minimum atomic E-state index is -0.865. The zero-order chi connectivity index (χ0) is 14.9. The fraction of sp³-hybridized carbons (Fsp3) is 0.400. The van der Waals surface area contributed by atoms with Crippen molar-refractivity contribution >= 4 is 11.9 Å². The van der Waals surface area contributed by atoms with Crippen molar-refractivity contribution < 1.29 is 14.5 Å². The molecule has 2 rings (SSSR count). The molecule has 0 fully saturated rings. The maximum atomic E-state index is 12.5. The predicted molar refractivity (Wildman–Crippen MR) is 75.5 cm³/mol. The number of rotatable bonds is 4. The fourth-order valence-corrected chi connectivity index (χ4v) is 2.69. The summed E-state index contributed by atoms with van der Waals surface area (Å²) >= 11 is 0. The van der Waals surface area contributed by atoms with Crippen molar-refractivity contribution in [2.45, 2.75) is 25.7 Å². The first-order valence-electron chi connectivity index (χ1n) is 6.42. The SMILES string of the molecule is COc1ccc2c(c1)[C@@](C)(CC[N+](=O)[O-])C(=O)C(C)=C2. The van der Waals surface area contributed by atoms with Gasteiger partial charge in [0.15, 0.2) is 5.78 Å². The number of carbonyl (C=O) groups is 1. The molecule has 0 aliphatic heterocycles. The first-order chi connectivity index (χ1) is 9.38. The average molecular weight is 275 g/mol. The molecule has 0 amide bonds. The molecule has 5 heteroatoms. The van der Waals surface area contributed by atoms with E-state index in [-0.39, 0.29) is 23.7 Å². The molecule has 0 bridgehead atoms. The van der Waals surface area contributed by atoms with Crippen molar-refractivity contribution in [1.82, 2.24) is 0 Å². The van der Waals surface area contributed by atoms with Gasteiger partial charge in [0.2, 0.25) is 6.54 Å². The second-order valence-corrected chi connectivity index (χ2v) is 5.25. The quantitative estimate of drug-likeness (QED) is 0.625. The lowest BCUT2D eigenvalue weighted by atomic mass is 9.69. The number of nitro groups is 1. The number of carbonyl (C=O) groups excluding carboxylic acids is 1. The third-order valence-electron chi connectivity index (χ3n) is 3.88. The molecular weight excluding hydrogens is 258 g/mol. The Balaban J connectivity index is 2.54. The molecule has 0 heterocycles. The molecule has 0 N–H and O–H groups in total. The lowest BCUT2D eigenvalue weighted by Crippen LogP contribution is -2.38. The van der Waals surface area contributed by atoms with Gasteiger partial charge in [-0.25, -0.2) is 0 Å². The molecule has 0 aromatic heterocycles. The minimum absolute atomic E-state index is 0.0555. The Morgan fingerprint density at radius 2 is 2.10 bits per heavy atom. The number of Topliss-reactive ketones (excluding diaryl/α,β-unsaturated/α-hetero) is 1. The number of ether oxygens (including phenoxy) is 1. The third kappa shape index (κ3) is 2.31. The number of nitrogens with zero attached hydrogens (tertiary/aromatic N) is 1. The van der Waals surface area contributed by atoms with E-state index in [0.717, 1.165) is 11.1 Å². The molecule has 0 unspecified atom stereocenters. The average Bonchev–Trinajstić information content (AvgIpc) is 2.43. The minimum Gasteiger partial charge on any atom is -0.497 e. The van der Waals surface area contributed by atoms with Crippen molar-refractivity contribution in [2.24, 2.45) is 0 Å². The van der Waals surface area contributed by atoms with Crippen LogP contribution in [0.1, 0.15) is 31.4 Å². The molecule has 1 aromatic carbocycles. The van der Waals surface area contributed by atoms with Gasteiger partial charge in [-0.2, -0.15) is 0 Å². The first-order valence-corrected chi connectivity index (χ1v) is 6.42. The Kier molecular flexibility index (Phi) is 3.61. The van der Waals surface area contributed by atoms with Gasteiger partial charge in [-0.05, 0) is 48.8 Å². The van der Waals surface area contributed by atoms with E-state index in [1.165, 1.54) is 0 Å². The van der Waals surface area contributed by atoms with Gasteiger partial charge in [0.1, 0.15) is 5.75 Å². The number of methoxy groups -OCH3 is 1. The van der Waals surface area contributed by atoms with E-state index >= 15 is 0 Å². The van der Waals surface area contributed by atoms with Crippen LogP contribution in [0.25, 0.3) is 6.08 Å². The highest BCUT2D eigenvalue weighted by atomic mass is 16.6. The maximum absolute atomic E-state index is 12.5. The van der Waals surface area contributed by atoms with Crippen LogP contribution in [0.4, 0.5) is 0 Å². The van der Waals surface area contributed by atoms with E-state index in [0.29, 0.717) is 11.3 Å². The number of hydrogen-bond donors (Lipinski definition) is 0. The normalized spacial score (nSPS) is 21.1. The molecule has 1 atom stereocenters. The highest BCUT2D eigenvalue weighted by molar-refractivity contribution is 6.09. The summed E-state index contributed by atoms with van der Waals surface area (Å²) in [6.45, 7) is 3.29. The van der Waals surface area contributed by atoms with Crippen LogP contribution in [0.2, 0.25) is 0 Å². The summed E-state index contributed by atoms with van der Waals surface area (Å²) in [5.74, 6) is 0.594. The summed E-state index contributed by atoms with van der Waals surface area (Å²) < 4.78 is 5.20. The van der Waals surface area contributed by atoms with Gasteiger partial charge in [0.25, 0.3) is 0 Å². The van der Waals surface area contributed by atoms with Crippen LogP contribution < -0.4 is 4.74 Å². The van der Waals surface area contributed by atoms with Crippen LogP contribution >= 0.6 is 0 Å². The van der Waals surface area contributed by atoms with E-state index in [1.54, 1.807) is 27.0 Å². The van der Waals surface area contributed by atoms with E-state index in [9.17, 15) is 14.9 Å². The van der Waals surface area contributed by atoms with Crippen LogP contribution in [0.5, 0.6) is 5.75 Å². The Bertz CT molecular complexity index is 606. The maximum Gasteiger partial charge on any atom is 0.205 e. The van der Waals surface area contributed by atoms with Crippen molar-refractivity contribution in [3.05, 3.63) is 45.0 Å². The summed E-state index contributed by atoms with van der Waals surface area (Å²) in [6, 6.07) is 5.51. The lowest BCUT2D eigenvalue weighted by Gasteiger charge is -2.33.